The topological polar surface area (TPSA) is 37.8 Å². The van der Waals surface area contributed by atoms with Crippen molar-refractivity contribution in [1.29, 1.82) is 0 Å². The number of benzene rings is 1. The molecule has 1 heterocycles. The van der Waals surface area contributed by atoms with Crippen LogP contribution in [0.4, 0.5) is 5.13 Å². The molecule has 0 aliphatic carbocycles. The van der Waals surface area contributed by atoms with Crippen molar-refractivity contribution < 1.29 is 0 Å². The number of halogens is 1. The first-order valence-corrected chi connectivity index (χ1v) is 6.74. The van der Waals surface area contributed by atoms with Crippen molar-refractivity contribution >= 4 is 28.3 Å². The lowest BCUT2D eigenvalue weighted by molar-refractivity contribution is 0.966. The van der Waals surface area contributed by atoms with Gasteiger partial charge in [-0.2, -0.15) is 4.37 Å². The molecule has 90 valence electrons. The summed E-state index contributed by atoms with van der Waals surface area (Å²) < 4.78 is 4.32. The molecule has 0 fully saturated rings. The van der Waals surface area contributed by atoms with Crippen LogP contribution in [0.25, 0.3) is 0 Å². The lowest BCUT2D eigenvalue weighted by Gasteiger charge is -1.98. The van der Waals surface area contributed by atoms with Crippen molar-refractivity contribution in [2.24, 2.45) is 0 Å². The van der Waals surface area contributed by atoms with E-state index in [-0.39, 0.29) is 0 Å². The van der Waals surface area contributed by atoms with Gasteiger partial charge in [0.1, 0.15) is 5.82 Å². The predicted octanol–water partition coefficient (Wildman–Crippen LogP) is 3.60. The third-order valence-corrected chi connectivity index (χ3v) is 3.19. The minimum atomic E-state index is 0.727. The summed E-state index contributed by atoms with van der Waals surface area (Å²) in [5.41, 5.74) is 1.14. The van der Waals surface area contributed by atoms with E-state index >= 15 is 0 Å². The highest BCUT2D eigenvalue weighted by atomic mass is 35.5. The first-order valence-electron chi connectivity index (χ1n) is 5.59. The van der Waals surface area contributed by atoms with Crippen molar-refractivity contribution in [3.05, 3.63) is 40.7 Å². The van der Waals surface area contributed by atoms with Gasteiger partial charge in [0.15, 0.2) is 0 Å². The monoisotopic (exact) mass is 267 g/mol. The molecule has 0 bridgehead atoms. The molecule has 0 aliphatic rings. The first kappa shape index (κ1) is 12.3. The van der Waals surface area contributed by atoms with Crippen molar-refractivity contribution in [1.82, 2.24) is 9.36 Å². The fourth-order valence-electron chi connectivity index (χ4n) is 1.46. The molecule has 2 aromatic rings. The second kappa shape index (κ2) is 5.98. The van der Waals surface area contributed by atoms with Gasteiger partial charge in [0.25, 0.3) is 0 Å². The number of aromatic nitrogens is 2. The molecule has 1 aromatic carbocycles. The lowest BCUT2D eigenvalue weighted by Crippen LogP contribution is -1.99. The summed E-state index contributed by atoms with van der Waals surface area (Å²) in [4.78, 5) is 4.43. The van der Waals surface area contributed by atoms with Crippen LogP contribution in [-0.2, 0) is 6.42 Å². The molecule has 0 saturated heterocycles. The normalized spacial score (nSPS) is 10.5. The van der Waals surface area contributed by atoms with E-state index in [0.717, 1.165) is 40.9 Å². The Labute approximate surface area is 110 Å². The summed E-state index contributed by atoms with van der Waals surface area (Å²) in [7, 11) is 0. The van der Waals surface area contributed by atoms with E-state index in [9.17, 15) is 0 Å². The van der Waals surface area contributed by atoms with E-state index < -0.39 is 0 Å². The van der Waals surface area contributed by atoms with Gasteiger partial charge in [0.05, 0.1) is 0 Å². The molecule has 5 heteroatoms. The Morgan fingerprint density at radius 3 is 3.06 bits per heavy atom. The molecular formula is C12H14ClN3S. The van der Waals surface area contributed by atoms with Gasteiger partial charge in [0, 0.05) is 29.5 Å². The highest BCUT2D eigenvalue weighted by Crippen LogP contribution is 2.16. The molecule has 0 radical (unpaired) electrons. The summed E-state index contributed by atoms with van der Waals surface area (Å²) in [6.07, 6.45) is 1.81. The van der Waals surface area contributed by atoms with Crippen LogP contribution < -0.4 is 5.32 Å². The lowest BCUT2D eigenvalue weighted by atomic mass is 10.1. The summed E-state index contributed by atoms with van der Waals surface area (Å²) in [6.45, 7) is 3.06. The Balaban J connectivity index is 2.01. The minimum absolute atomic E-state index is 0.727. The van der Waals surface area contributed by atoms with Crippen LogP contribution in [0, 0.1) is 0 Å². The van der Waals surface area contributed by atoms with Crippen LogP contribution in [0.2, 0.25) is 5.02 Å². The van der Waals surface area contributed by atoms with Crippen molar-refractivity contribution in [3.63, 3.8) is 0 Å². The van der Waals surface area contributed by atoms with Gasteiger partial charge in [-0.25, -0.2) is 4.98 Å². The minimum Gasteiger partial charge on any atom is -0.360 e. The zero-order chi connectivity index (χ0) is 12.1. The van der Waals surface area contributed by atoms with E-state index in [0.29, 0.717) is 0 Å². The molecule has 0 atom stereocenters. The molecule has 17 heavy (non-hydrogen) atoms. The zero-order valence-electron chi connectivity index (χ0n) is 9.61. The number of hydrogen-bond donors (Lipinski definition) is 1. The number of hydrogen-bond acceptors (Lipinski definition) is 4. The maximum atomic E-state index is 5.93. The Morgan fingerprint density at radius 2 is 2.29 bits per heavy atom. The number of nitrogens with zero attached hydrogens (tertiary/aromatic N) is 2. The third kappa shape index (κ3) is 3.68. The average molecular weight is 268 g/mol. The van der Waals surface area contributed by atoms with E-state index in [1.807, 2.05) is 24.3 Å². The molecule has 0 saturated carbocycles. The average Bonchev–Trinajstić information content (AvgIpc) is 2.74. The van der Waals surface area contributed by atoms with Crippen LogP contribution in [0.1, 0.15) is 24.7 Å². The molecule has 2 rings (SSSR count). The van der Waals surface area contributed by atoms with Gasteiger partial charge in [-0.1, -0.05) is 30.7 Å². The highest BCUT2D eigenvalue weighted by molar-refractivity contribution is 7.09. The second-order valence-corrected chi connectivity index (χ2v) is 4.94. The molecule has 3 nitrogen and oxygen atoms in total. The fourth-order valence-corrected chi connectivity index (χ4v) is 2.28. The Kier molecular flexibility index (Phi) is 4.34. The highest BCUT2D eigenvalue weighted by Gasteiger charge is 2.04. The van der Waals surface area contributed by atoms with Crippen LogP contribution in [0.15, 0.2) is 24.3 Å². The van der Waals surface area contributed by atoms with Gasteiger partial charge in [-0.3, -0.25) is 0 Å². The van der Waals surface area contributed by atoms with Gasteiger partial charge in [-0.05, 0) is 24.1 Å². The zero-order valence-corrected chi connectivity index (χ0v) is 11.2. The van der Waals surface area contributed by atoms with Crippen molar-refractivity contribution in [2.45, 2.75) is 19.8 Å². The molecule has 1 N–H and O–H groups in total. The summed E-state index contributed by atoms with van der Waals surface area (Å²) in [5.74, 6) is 0.843. The standard InChI is InChI=1S/C12H14ClN3S/c1-2-6-14-12-15-11(16-17-12)8-9-4-3-5-10(13)7-9/h3-5,7H,2,6,8H2,1H3,(H,14,15,16). The Morgan fingerprint density at radius 1 is 1.41 bits per heavy atom. The van der Waals surface area contributed by atoms with E-state index in [2.05, 4.69) is 21.6 Å². The van der Waals surface area contributed by atoms with Crippen molar-refractivity contribution in [2.75, 3.05) is 11.9 Å². The Bertz CT molecular complexity index is 484. The summed E-state index contributed by atoms with van der Waals surface area (Å²) >= 11 is 7.34. The number of rotatable bonds is 5. The van der Waals surface area contributed by atoms with Gasteiger partial charge in [0.2, 0.25) is 5.13 Å². The van der Waals surface area contributed by atoms with E-state index in [1.54, 1.807) is 0 Å². The van der Waals surface area contributed by atoms with Crippen LogP contribution in [0.5, 0.6) is 0 Å². The van der Waals surface area contributed by atoms with Gasteiger partial charge in [-0.15, -0.1) is 0 Å². The van der Waals surface area contributed by atoms with E-state index in [1.165, 1.54) is 11.5 Å². The van der Waals surface area contributed by atoms with Crippen molar-refractivity contribution in [3.8, 4) is 0 Å². The van der Waals surface area contributed by atoms with Gasteiger partial charge < -0.3 is 5.32 Å². The maximum Gasteiger partial charge on any atom is 0.202 e. The summed E-state index contributed by atoms with van der Waals surface area (Å²) in [6, 6.07) is 7.79. The largest absolute Gasteiger partial charge is 0.360 e. The van der Waals surface area contributed by atoms with Crippen LogP contribution >= 0.6 is 23.1 Å². The smallest absolute Gasteiger partial charge is 0.202 e. The molecule has 0 unspecified atom stereocenters. The SMILES string of the molecule is CCCNc1nc(Cc2cccc(Cl)c2)ns1. The molecule has 0 spiro atoms. The van der Waals surface area contributed by atoms with E-state index in [4.69, 9.17) is 11.6 Å². The molecule has 1 aromatic heterocycles. The summed E-state index contributed by atoms with van der Waals surface area (Å²) in [5, 5.41) is 4.88. The molecular weight excluding hydrogens is 254 g/mol. The van der Waals surface area contributed by atoms with Crippen LogP contribution in [0.3, 0.4) is 0 Å². The second-order valence-electron chi connectivity index (χ2n) is 3.75. The fraction of sp³-hybridized carbons (Fsp3) is 0.333. The quantitative estimate of drug-likeness (QED) is 0.899. The number of nitrogens with one attached hydrogen (secondary N) is 1. The van der Waals surface area contributed by atoms with Gasteiger partial charge >= 0.3 is 0 Å². The predicted molar refractivity (Wildman–Crippen MR) is 72.9 cm³/mol. The number of anilines is 1. The first-order chi connectivity index (χ1) is 8.28. The van der Waals surface area contributed by atoms with Crippen LogP contribution in [-0.4, -0.2) is 15.9 Å². The maximum absolute atomic E-state index is 5.93. The molecule has 0 amide bonds. The third-order valence-electron chi connectivity index (χ3n) is 2.25. The Hall–Kier alpha value is -1.13. The molecule has 0 aliphatic heterocycles.